The molecular formula is C31H42N2O7. The van der Waals surface area contributed by atoms with Crippen molar-refractivity contribution in [3.63, 3.8) is 0 Å². The van der Waals surface area contributed by atoms with Gasteiger partial charge in [0.25, 0.3) is 0 Å². The third kappa shape index (κ3) is 10.2. The molecule has 1 saturated heterocycles. The topological polar surface area (TPSA) is 94.6 Å². The van der Waals surface area contributed by atoms with Gasteiger partial charge in [0.05, 0.1) is 6.61 Å². The monoisotopic (exact) mass is 554 g/mol. The zero-order valence-corrected chi connectivity index (χ0v) is 24.1. The lowest BCUT2D eigenvalue weighted by molar-refractivity contribution is -0.133. The number of hydrogen-bond acceptors (Lipinski definition) is 7. The van der Waals surface area contributed by atoms with Crippen LogP contribution in [0.3, 0.4) is 0 Å². The first-order valence-electron chi connectivity index (χ1n) is 13.9. The molecule has 0 aliphatic carbocycles. The van der Waals surface area contributed by atoms with Crippen LogP contribution in [-0.2, 0) is 20.7 Å². The number of carbonyl (C=O) groups excluding carboxylic acids is 3. The van der Waals surface area contributed by atoms with E-state index < -0.39 is 5.60 Å². The van der Waals surface area contributed by atoms with E-state index in [-0.39, 0.29) is 18.8 Å². The Labute approximate surface area is 237 Å². The molecule has 0 aromatic heterocycles. The summed E-state index contributed by atoms with van der Waals surface area (Å²) < 4.78 is 21.9. The largest absolute Gasteiger partial charge is 0.494 e. The predicted octanol–water partition coefficient (Wildman–Crippen LogP) is 5.09. The molecule has 1 aliphatic heterocycles. The van der Waals surface area contributed by atoms with Crippen LogP contribution in [0.15, 0.2) is 42.5 Å². The van der Waals surface area contributed by atoms with E-state index in [1.165, 1.54) is 0 Å². The Morgan fingerprint density at radius 1 is 0.900 bits per heavy atom. The standard InChI is InChI=1S/C31H42N2O7/c1-31(2,3)40-30(36)33-17-15-32(16-18-33)29(35)8-6-5-7-19-38-27-12-9-24(10-13-27)20-26-21-25(22-34)11-14-28(26)39-23-37-4/h9-14,21-22H,5-8,15-20,23H2,1-4H3. The number of piperazine rings is 1. The minimum atomic E-state index is -0.521. The molecule has 0 saturated carbocycles. The molecule has 1 heterocycles. The molecule has 218 valence electrons. The fourth-order valence-electron chi connectivity index (χ4n) is 4.37. The lowest BCUT2D eigenvalue weighted by Gasteiger charge is -2.35. The van der Waals surface area contributed by atoms with E-state index in [1.54, 1.807) is 24.1 Å². The van der Waals surface area contributed by atoms with Gasteiger partial charge in [0.2, 0.25) is 5.91 Å². The third-order valence-electron chi connectivity index (χ3n) is 6.46. The molecule has 9 heteroatoms. The quantitative estimate of drug-likeness (QED) is 0.193. The second-order valence-corrected chi connectivity index (χ2v) is 10.9. The van der Waals surface area contributed by atoms with Crippen LogP contribution in [0.5, 0.6) is 11.5 Å². The highest BCUT2D eigenvalue weighted by molar-refractivity contribution is 5.77. The van der Waals surface area contributed by atoms with Crippen molar-refractivity contribution in [2.75, 3.05) is 46.7 Å². The van der Waals surface area contributed by atoms with E-state index in [0.717, 1.165) is 42.4 Å². The van der Waals surface area contributed by atoms with Crippen LogP contribution in [0.25, 0.3) is 0 Å². The van der Waals surface area contributed by atoms with Gasteiger partial charge in [-0.05, 0) is 81.5 Å². The van der Waals surface area contributed by atoms with Crippen molar-refractivity contribution in [2.45, 2.75) is 58.5 Å². The Bertz CT molecular complexity index is 1100. The van der Waals surface area contributed by atoms with Gasteiger partial charge in [0.15, 0.2) is 6.79 Å². The predicted molar refractivity (Wildman–Crippen MR) is 152 cm³/mol. The maximum Gasteiger partial charge on any atom is 0.410 e. The van der Waals surface area contributed by atoms with E-state index in [9.17, 15) is 14.4 Å². The molecule has 9 nitrogen and oxygen atoms in total. The Kier molecular flexibility index (Phi) is 11.8. The van der Waals surface area contributed by atoms with Crippen LogP contribution in [0, 0.1) is 0 Å². The Hall–Kier alpha value is -3.59. The first-order valence-corrected chi connectivity index (χ1v) is 13.9. The zero-order valence-electron chi connectivity index (χ0n) is 24.1. The fraction of sp³-hybridized carbons (Fsp3) is 0.516. The van der Waals surface area contributed by atoms with Crippen LogP contribution in [0.1, 0.15) is 67.9 Å². The summed E-state index contributed by atoms with van der Waals surface area (Å²) in [5.74, 6) is 1.62. The van der Waals surface area contributed by atoms with E-state index in [1.807, 2.05) is 56.0 Å². The highest BCUT2D eigenvalue weighted by atomic mass is 16.7. The van der Waals surface area contributed by atoms with Crippen molar-refractivity contribution in [1.29, 1.82) is 0 Å². The average Bonchev–Trinajstić information content (AvgIpc) is 2.94. The Balaban J connectivity index is 1.33. The van der Waals surface area contributed by atoms with Crippen molar-refractivity contribution in [1.82, 2.24) is 9.80 Å². The summed E-state index contributed by atoms with van der Waals surface area (Å²) in [6.07, 6.45) is 4.19. The molecule has 0 N–H and O–H groups in total. The summed E-state index contributed by atoms with van der Waals surface area (Å²) in [5, 5.41) is 0. The summed E-state index contributed by atoms with van der Waals surface area (Å²) in [7, 11) is 1.57. The number of amides is 2. The molecular weight excluding hydrogens is 512 g/mol. The number of aldehydes is 1. The van der Waals surface area contributed by atoms with Crippen LogP contribution in [0.2, 0.25) is 0 Å². The molecule has 2 aromatic rings. The number of methoxy groups -OCH3 is 1. The van der Waals surface area contributed by atoms with Gasteiger partial charge in [-0.3, -0.25) is 9.59 Å². The Morgan fingerprint density at radius 2 is 1.60 bits per heavy atom. The van der Waals surface area contributed by atoms with Crippen molar-refractivity contribution in [3.8, 4) is 11.5 Å². The SMILES string of the molecule is COCOc1ccc(C=O)cc1Cc1ccc(OCCCCCC(=O)N2CCN(C(=O)OC(C)(C)C)CC2)cc1. The van der Waals surface area contributed by atoms with Crippen LogP contribution in [0.4, 0.5) is 4.79 Å². The van der Waals surface area contributed by atoms with Gasteiger partial charge >= 0.3 is 6.09 Å². The first-order chi connectivity index (χ1) is 19.2. The van der Waals surface area contributed by atoms with Gasteiger partial charge in [-0.25, -0.2) is 4.79 Å². The Morgan fingerprint density at radius 3 is 2.25 bits per heavy atom. The molecule has 2 amide bonds. The van der Waals surface area contributed by atoms with Crippen LogP contribution in [-0.4, -0.2) is 80.4 Å². The van der Waals surface area contributed by atoms with E-state index in [2.05, 4.69) is 0 Å². The van der Waals surface area contributed by atoms with Gasteiger partial charge in [-0.15, -0.1) is 0 Å². The lowest BCUT2D eigenvalue weighted by Crippen LogP contribution is -2.51. The average molecular weight is 555 g/mol. The maximum absolute atomic E-state index is 12.6. The van der Waals surface area contributed by atoms with Gasteiger partial charge in [0, 0.05) is 51.7 Å². The highest BCUT2D eigenvalue weighted by Crippen LogP contribution is 2.24. The molecule has 0 bridgehead atoms. The summed E-state index contributed by atoms with van der Waals surface area (Å²) in [6.45, 7) is 8.36. The van der Waals surface area contributed by atoms with Gasteiger partial charge in [-0.2, -0.15) is 0 Å². The molecule has 1 aliphatic rings. The second-order valence-electron chi connectivity index (χ2n) is 10.9. The van der Waals surface area contributed by atoms with E-state index >= 15 is 0 Å². The summed E-state index contributed by atoms with van der Waals surface area (Å²) in [5.41, 5.74) is 2.06. The maximum atomic E-state index is 12.6. The number of benzene rings is 2. The van der Waals surface area contributed by atoms with Crippen molar-refractivity contribution < 1.29 is 33.3 Å². The molecule has 2 aromatic carbocycles. The fourth-order valence-corrected chi connectivity index (χ4v) is 4.37. The van der Waals surface area contributed by atoms with Gasteiger partial charge in [-0.1, -0.05) is 12.1 Å². The number of hydrogen-bond donors (Lipinski definition) is 0. The number of ether oxygens (including phenoxy) is 4. The van der Waals surface area contributed by atoms with E-state index in [0.29, 0.717) is 56.9 Å². The third-order valence-corrected chi connectivity index (χ3v) is 6.46. The zero-order chi connectivity index (χ0) is 29.0. The second kappa shape index (κ2) is 15.3. The first kappa shape index (κ1) is 30.9. The van der Waals surface area contributed by atoms with Crippen LogP contribution < -0.4 is 9.47 Å². The molecule has 3 rings (SSSR count). The molecule has 0 unspecified atom stereocenters. The smallest absolute Gasteiger partial charge is 0.410 e. The molecule has 40 heavy (non-hydrogen) atoms. The highest BCUT2D eigenvalue weighted by Gasteiger charge is 2.27. The van der Waals surface area contributed by atoms with E-state index in [4.69, 9.17) is 18.9 Å². The number of nitrogens with zero attached hydrogens (tertiary/aromatic N) is 2. The molecule has 0 atom stereocenters. The van der Waals surface area contributed by atoms with Gasteiger partial charge < -0.3 is 28.7 Å². The number of unbranched alkanes of at least 4 members (excludes halogenated alkanes) is 2. The molecule has 1 fully saturated rings. The van der Waals surface area contributed by atoms with Crippen molar-refractivity contribution in [2.24, 2.45) is 0 Å². The summed E-state index contributed by atoms with van der Waals surface area (Å²) in [4.78, 5) is 39.5. The normalized spacial score (nSPS) is 13.6. The molecule has 0 radical (unpaired) electrons. The summed E-state index contributed by atoms with van der Waals surface area (Å²) >= 11 is 0. The van der Waals surface area contributed by atoms with Crippen molar-refractivity contribution >= 4 is 18.3 Å². The minimum Gasteiger partial charge on any atom is -0.494 e. The minimum absolute atomic E-state index is 0.134. The van der Waals surface area contributed by atoms with Crippen molar-refractivity contribution in [3.05, 3.63) is 59.2 Å². The molecule has 0 spiro atoms. The summed E-state index contributed by atoms with van der Waals surface area (Å²) in [6, 6.07) is 13.2. The number of rotatable bonds is 13. The number of carbonyl (C=O) groups is 3. The van der Waals surface area contributed by atoms with Crippen LogP contribution >= 0.6 is 0 Å². The lowest BCUT2D eigenvalue weighted by atomic mass is 10.0. The van der Waals surface area contributed by atoms with Gasteiger partial charge in [0.1, 0.15) is 23.4 Å².